The Hall–Kier alpha value is -3.22. The molecule has 0 unspecified atom stereocenters. The van der Waals surface area contributed by atoms with Crippen LogP contribution in [0.1, 0.15) is 38.4 Å². The van der Waals surface area contributed by atoms with Gasteiger partial charge in [0.2, 0.25) is 5.96 Å². The molecule has 3 N–H and O–H groups in total. The fourth-order valence-electron chi connectivity index (χ4n) is 2.87. The van der Waals surface area contributed by atoms with Crippen LogP contribution in [-0.2, 0) is 12.8 Å². The van der Waals surface area contributed by atoms with Gasteiger partial charge in [0.1, 0.15) is 5.69 Å². The minimum Gasteiger partial charge on any atom is -0.369 e. The highest BCUT2D eigenvalue weighted by atomic mass is 16.2. The summed E-state index contributed by atoms with van der Waals surface area (Å²) < 4.78 is 0. The average Bonchev–Trinajstić information content (AvgIpc) is 3.08. The summed E-state index contributed by atoms with van der Waals surface area (Å²) in [5.74, 6) is -0.639. The van der Waals surface area contributed by atoms with Gasteiger partial charge in [0, 0.05) is 20.3 Å². The number of aliphatic imine (C=N–C) groups is 1. The van der Waals surface area contributed by atoms with Gasteiger partial charge in [0.15, 0.2) is 0 Å². The lowest BCUT2D eigenvalue weighted by molar-refractivity contribution is 0.0821. The molecule has 2 aromatic rings. The molecule has 0 radical (unpaired) electrons. The normalized spacial score (nSPS) is 13.2. The molecule has 7 heteroatoms. The number of aryl methyl sites for hydroxylation is 2. The molecule has 1 aliphatic carbocycles. The molecule has 0 saturated heterocycles. The SMILES string of the molecule is CN(C)C(=O)c1ccc(C(=O)NC(N)=Nc2ccc3c(c2)CCC3)cn1. The molecule has 0 fully saturated rings. The van der Waals surface area contributed by atoms with Gasteiger partial charge in [0.05, 0.1) is 11.3 Å². The number of benzene rings is 1. The van der Waals surface area contributed by atoms with Gasteiger partial charge in [-0.15, -0.1) is 0 Å². The Morgan fingerprint density at radius 2 is 1.92 bits per heavy atom. The second kappa shape index (κ2) is 7.35. The molecule has 2 amide bonds. The van der Waals surface area contributed by atoms with E-state index in [0.29, 0.717) is 11.3 Å². The number of carbonyl (C=O) groups excluding carboxylic acids is 2. The first-order chi connectivity index (χ1) is 12.4. The van der Waals surface area contributed by atoms with E-state index < -0.39 is 5.91 Å². The maximum atomic E-state index is 12.2. The predicted octanol–water partition coefficient (Wildman–Crippen LogP) is 1.65. The number of nitrogens with one attached hydrogen (secondary N) is 1. The zero-order valence-corrected chi connectivity index (χ0v) is 14.8. The number of fused-ring (bicyclic) bond motifs is 1. The summed E-state index contributed by atoms with van der Waals surface area (Å²) >= 11 is 0. The summed E-state index contributed by atoms with van der Waals surface area (Å²) in [6.07, 6.45) is 4.66. The third kappa shape index (κ3) is 3.88. The van der Waals surface area contributed by atoms with E-state index >= 15 is 0 Å². The van der Waals surface area contributed by atoms with Crippen LogP contribution in [-0.4, -0.2) is 41.8 Å². The van der Waals surface area contributed by atoms with Crippen LogP contribution in [0.5, 0.6) is 0 Å². The fraction of sp³-hybridized carbons (Fsp3) is 0.263. The molecule has 26 heavy (non-hydrogen) atoms. The van der Waals surface area contributed by atoms with Gasteiger partial charge in [-0.25, -0.2) is 4.99 Å². The number of hydrogen-bond acceptors (Lipinski definition) is 4. The number of carbonyl (C=O) groups is 2. The third-order valence-electron chi connectivity index (χ3n) is 4.22. The molecule has 0 aliphatic heterocycles. The zero-order valence-electron chi connectivity index (χ0n) is 14.8. The molecule has 1 heterocycles. The Kier molecular flexibility index (Phi) is 4.97. The number of nitrogens with zero attached hydrogens (tertiary/aromatic N) is 3. The predicted molar refractivity (Wildman–Crippen MR) is 99.5 cm³/mol. The molecule has 1 aromatic heterocycles. The summed E-state index contributed by atoms with van der Waals surface area (Å²) in [5.41, 5.74) is 9.77. The van der Waals surface area contributed by atoms with Crippen LogP contribution >= 0.6 is 0 Å². The first-order valence-corrected chi connectivity index (χ1v) is 8.39. The maximum Gasteiger partial charge on any atom is 0.271 e. The van der Waals surface area contributed by atoms with Gasteiger partial charge < -0.3 is 10.6 Å². The summed E-state index contributed by atoms with van der Waals surface area (Å²) in [4.78, 5) is 33.7. The van der Waals surface area contributed by atoms with Gasteiger partial charge in [0.25, 0.3) is 11.8 Å². The standard InChI is InChI=1S/C19H21N5O2/c1-24(2)18(26)16-9-7-14(11-21-16)17(25)23-19(20)22-15-8-6-12-4-3-5-13(12)10-15/h6-11H,3-5H2,1-2H3,(H3,20,22,23,25). The monoisotopic (exact) mass is 351 g/mol. The first-order valence-electron chi connectivity index (χ1n) is 8.39. The number of pyridine rings is 1. The zero-order chi connectivity index (χ0) is 18.7. The van der Waals surface area contributed by atoms with Gasteiger partial charge in [-0.1, -0.05) is 6.07 Å². The van der Waals surface area contributed by atoms with Gasteiger partial charge in [-0.3, -0.25) is 19.9 Å². The highest BCUT2D eigenvalue weighted by Crippen LogP contribution is 2.26. The molecule has 3 rings (SSSR count). The van der Waals surface area contributed by atoms with Crippen LogP contribution in [0.15, 0.2) is 41.5 Å². The van der Waals surface area contributed by atoms with E-state index in [9.17, 15) is 9.59 Å². The topological polar surface area (TPSA) is 101 Å². The number of amides is 2. The number of nitrogens with two attached hydrogens (primary N) is 1. The van der Waals surface area contributed by atoms with Crippen molar-refractivity contribution in [2.75, 3.05) is 14.1 Å². The number of aromatic nitrogens is 1. The highest BCUT2D eigenvalue weighted by molar-refractivity contribution is 6.05. The van der Waals surface area contributed by atoms with Crippen LogP contribution in [0.25, 0.3) is 0 Å². The number of hydrogen-bond donors (Lipinski definition) is 2. The van der Waals surface area contributed by atoms with Crippen LogP contribution in [0, 0.1) is 0 Å². The van der Waals surface area contributed by atoms with E-state index in [4.69, 9.17) is 5.73 Å². The van der Waals surface area contributed by atoms with E-state index in [-0.39, 0.29) is 17.6 Å². The lowest BCUT2D eigenvalue weighted by atomic mass is 10.1. The Balaban J connectivity index is 1.68. The molecule has 0 saturated carbocycles. The Bertz CT molecular complexity index is 872. The second-order valence-corrected chi connectivity index (χ2v) is 6.39. The molecule has 0 bridgehead atoms. The molecular formula is C19H21N5O2. The molecule has 0 spiro atoms. The van der Waals surface area contributed by atoms with E-state index in [1.165, 1.54) is 34.4 Å². The fourth-order valence-corrected chi connectivity index (χ4v) is 2.87. The lowest BCUT2D eigenvalue weighted by Crippen LogP contribution is -2.36. The number of guanidine groups is 1. The minimum atomic E-state index is -0.427. The molecule has 1 aromatic carbocycles. The van der Waals surface area contributed by atoms with Crippen LogP contribution in [0.2, 0.25) is 0 Å². The van der Waals surface area contributed by atoms with Gasteiger partial charge in [-0.2, -0.15) is 0 Å². The quantitative estimate of drug-likeness (QED) is 0.648. The maximum absolute atomic E-state index is 12.2. The minimum absolute atomic E-state index is 0.0152. The lowest BCUT2D eigenvalue weighted by Gasteiger charge is -2.09. The van der Waals surface area contributed by atoms with E-state index in [1.807, 2.05) is 12.1 Å². The van der Waals surface area contributed by atoms with Crippen molar-refractivity contribution >= 4 is 23.5 Å². The van der Waals surface area contributed by atoms with Crippen molar-refractivity contribution in [3.05, 3.63) is 58.9 Å². The Labute approximate surface area is 151 Å². The second-order valence-electron chi connectivity index (χ2n) is 6.39. The van der Waals surface area contributed by atoms with Crippen LogP contribution < -0.4 is 11.1 Å². The molecular weight excluding hydrogens is 330 g/mol. The van der Waals surface area contributed by atoms with E-state index in [2.05, 4.69) is 21.4 Å². The van der Waals surface area contributed by atoms with Crippen molar-refractivity contribution in [1.29, 1.82) is 0 Å². The third-order valence-corrected chi connectivity index (χ3v) is 4.22. The summed E-state index contributed by atoms with van der Waals surface area (Å²) in [7, 11) is 3.28. The summed E-state index contributed by atoms with van der Waals surface area (Å²) in [6.45, 7) is 0. The molecule has 1 aliphatic rings. The van der Waals surface area contributed by atoms with Gasteiger partial charge >= 0.3 is 0 Å². The van der Waals surface area contributed by atoms with Gasteiger partial charge in [-0.05, 0) is 54.7 Å². The van der Waals surface area contributed by atoms with Crippen molar-refractivity contribution < 1.29 is 9.59 Å². The van der Waals surface area contributed by atoms with E-state index in [0.717, 1.165) is 19.3 Å². The molecule has 0 atom stereocenters. The molecule has 7 nitrogen and oxygen atoms in total. The van der Waals surface area contributed by atoms with Crippen LogP contribution in [0.3, 0.4) is 0 Å². The molecule has 134 valence electrons. The summed E-state index contributed by atoms with van der Waals surface area (Å²) in [5, 5.41) is 2.54. The smallest absolute Gasteiger partial charge is 0.271 e. The van der Waals surface area contributed by atoms with E-state index in [1.54, 1.807) is 14.1 Å². The van der Waals surface area contributed by atoms with Crippen molar-refractivity contribution in [1.82, 2.24) is 15.2 Å². The Morgan fingerprint density at radius 3 is 2.62 bits per heavy atom. The van der Waals surface area contributed by atoms with Crippen molar-refractivity contribution in [3.8, 4) is 0 Å². The average molecular weight is 351 g/mol. The Morgan fingerprint density at radius 1 is 1.15 bits per heavy atom. The first kappa shape index (κ1) is 17.6. The number of rotatable bonds is 3. The highest BCUT2D eigenvalue weighted by Gasteiger charge is 2.13. The van der Waals surface area contributed by atoms with Crippen molar-refractivity contribution in [3.63, 3.8) is 0 Å². The largest absolute Gasteiger partial charge is 0.369 e. The van der Waals surface area contributed by atoms with Crippen molar-refractivity contribution in [2.45, 2.75) is 19.3 Å². The summed E-state index contributed by atoms with van der Waals surface area (Å²) in [6, 6.07) is 8.99. The van der Waals surface area contributed by atoms with Crippen LogP contribution in [0.4, 0.5) is 5.69 Å². The van der Waals surface area contributed by atoms with Crippen molar-refractivity contribution in [2.24, 2.45) is 10.7 Å².